The van der Waals surface area contributed by atoms with E-state index in [1.54, 1.807) is 7.11 Å². The lowest BCUT2D eigenvalue weighted by Crippen LogP contribution is -2.51. The summed E-state index contributed by atoms with van der Waals surface area (Å²) in [7, 11) is 1.57. The number of ether oxygens (including phenoxy) is 2. The van der Waals surface area contributed by atoms with Crippen molar-refractivity contribution in [2.45, 2.75) is 57.8 Å². The number of anilines is 1. The molecule has 2 saturated carbocycles. The van der Waals surface area contributed by atoms with Gasteiger partial charge in [0.2, 0.25) is 0 Å². The van der Waals surface area contributed by atoms with E-state index >= 15 is 0 Å². The molecule has 0 spiro atoms. The SMILES string of the molecule is COCC(=O)[C@@]1(C#CCO)CC[C@H]2[C@@H]3CCC4=C/C(=N/O)CCC4=C3[C@@H](c3ccc(N4CCOCC4)cc3)C[C@@]21C. The van der Waals surface area contributed by atoms with Gasteiger partial charge in [-0.2, -0.15) is 0 Å². The summed E-state index contributed by atoms with van der Waals surface area (Å²) in [5.41, 5.74) is 6.38. The Balaban J connectivity index is 1.47. The Kier molecular flexibility index (Phi) is 7.84. The number of methoxy groups -OCH3 is 1. The molecule has 3 fully saturated rings. The third-order valence-electron chi connectivity index (χ3n) is 10.9. The van der Waals surface area contributed by atoms with Gasteiger partial charge < -0.3 is 24.7 Å². The van der Waals surface area contributed by atoms with Crippen LogP contribution in [0.25, 0.3) is 0 Å². The number of nitrogens with zero attached hydrogens (tertiary/aromatic N) is 2. The van der Waals surface area contributed by atoms with Gasteiger partial charge in [-0.1, -0.05) is 41.6 Å². The first-order valence-electron chi connectivity index (χ1n) is 15.2. The first-order chi connectivity index (χ1) is 20.0. The summed E-state index contributed by atoms with van der Waals surface area (Å²) in [6.45, 7) is 5.38. The molecule has 0 unspecified atom stereocenters. The van der Waals surface area contributed by atoms with Crippen LogP contribution < -0.4 is 4.90 Å². The molecule has 2 N–H and O–H groups in total. The highest BCUT2D eigenvalue weighted by Crippen LogP contribution is 2.69. The van der Waals surface area contributed by atoms with E-state index < -0.39 is 5.41 Å². The van der Waals surface area contributed by atoms with Crippen LogP contribution in [0.2, 0.25) is 0 Å². The molecule has 0 amide bonds. The number of fused-ring (bicyclic) bond motifs is 4. The minimum atomic E-state index is -0.835. The predicted molar refractivity (Wildman–Crippen MR) is 158 cm³/mol. The van der Waals surface area contributed by atoms with Crippen molar-refractivity contribution in [2.24, 2.45) is 27.8 Å². The van der Waals surface area contributed by atoms with Crippen molar-refractivity contribution in [1.29, 1.82) is 0 Å². The zero-order valence-corrected chi connectivity index (χ0v) is 24.3. The summed E-state index contributed by atoms with van der Waals surface area (Å²) in [5, 5.41) is 22.7. The zero-order valence-electron chi connectivity index (χ0n) is 24.3. The molecule has 1 heterocycles. The smallest absolute Gasteiger partial charge is 0.176 e. The molecule has 0 radical (unpaired) electrons. The number of aliphatic hydroxyl groups is 1. The lowest BCUT2D eigenvalue weighted by molar-refractivity contribution is -0.136. The normalized spacial score (nSPS) is 33.8. The number of oxime groups is 1. The van der Waals surface area contributed by atoms with Crippen LogP contribution in [0.3, 0.4) is 0 Å². The Bertz CT molecular complexity index is 1330. The lowest BCUT2D eigenvalue weighted by Gasteiger charge is -2.54. The van der Waals surface area contributed by atoms with Crippen molar-refractivity contribution in [3.63, 3.8) is 0 Å². The molecule has 5 aliphatic rings. The maximum absolute atomic E-state index is 13.9. The van der Waals surface area contributed by atoms with Gasteiger partial charge in [-0.15, -0.1) is 0 Å². The molecule has 1 aromatic carbocycles. The van der Waals surface area contributed by atoms with Crippen molar-refractivity contribution < 1.29 is 24.6 Å². The summed E-state index contributed by atoms with van der Waals surface area (Å²) in [4.78, 5) is 16.2. The maximum Gasteiger partial charge on any atom is 0.176 e. The molecule has 7 nitrogen and oxygen atoms in total. The zero-order chi connectivity index (χ0) is 28.6. The van der Waals surface area contributed by atoms with Gasteiger partial charge in [-0.3, -0.25) is 4.79 Å². The quantitative estimate of drug-likeness (QED) is 0.304. The van der Waals surface area contributed by atoms with E-state index in [0.717, 1.165) is 70.5 Å². The van der Waals surface area contributed by atoms with Gasteiger partial charge in [0.05, 0.1) is 24.3 Å². The van der Waals surface area contributed by atoms with Gasteiger partial charge in [0, 0.05) is 31.8 Å². The number of carbonyl (C=O) groups excluding carboxylic acids is 1. The molecular formula is C34H42N2O5. The summed E-state index contributed by atoms with van der Waals surface area (Å²) >= 11 is 0. The molecule has 5 atom stereocenters. The minimum absolute atomic E-state index is 0.0378. The van der Waals surface area contributed by atoms with Crippen LogP contribution in [0.1, 0.15) is 63.4 Å². The molecule has 1 aromatic rings. The number of benzene rings is 1. The Hall–Kier alpha value is -2.92. The first kappa shape index (κ1) is 28.2. The van der Waals surface area contributed by atoms with Crippen LogP contribution in [0.4, 0.5) is 5.69 Å². The average molecular weight is 559 g/mol. The summed E-state index contributed by atoms with van der Waals surface area (Å²) < 4.78 is 10.9. The van der Waals surface area contributed by atoms with Gasteiger partial charge in [0.1, 0.15) is 13.2 Å². The highest BCUT2D eigenvalue weighted by atomic mass is 16.5. The molecule has 7 heteroatoms. The molecule has 0 aromatic heterocycles. The van der Waals surface area contributed by atoms with E-state index in [4.69, 9.17) is 9.47 Å². The summed E-state index contributed by atoms with van der Waals surface area (Å²) in [5.74, 6) is 7.15. The fourth-order valence-corrected chi connectivity index (χ4v) is 8.99. The second-order valence-electron chi connectivity index (χ2n) is 12.6. The van der Waals surface area contributed by atoms with E-state index in [2.05, 4.69) is 59.2 Å². The Labute approximate surface area is 243 Å². The van der Waals surface area contributed by atoms with E-state index in [1.807, 2.05) is 0 Å². The van der Waals surface area contributed by atoms with Crippen LogP contribution >= 0.6 is 0 Å². The number of hydrogen-bond donors (Lipinski definition) is 2. The molecule has 218 valence electrons. The van der Waals surface area contributed by atoms with Crippen molar-refractivity contribution in [3.05, 3.63) is 52.6 Å². The minimum Gasteiger partial charge on any atom is -0.411 e. The molecule has 4 aliphatic carbocycles. The van der Waals surface area contributed by atoms with E-state index in [0.29, 0.717) is 18.3 Å². The number of morpholine rings is 1. The van der Waals surface area contributed by atoms with Crippen molar-refractivity contribution >= 4 is 17.2 Å². The van der Waals surface area contributed by atoms with Gasteiger partial charge in [-0.25, -0.2) is 0 Å². The van der Waals surface area contributed by atoms with E-state index in [9.17, 15) is 15.1 Å². The van der Waals surface area contributed by atoms with Gasteiger partial charge in [0.15, 0.2) is 5.78 Å². The van der Waals surface area contributed by atoms with Gasteiger partial charge in [0.25, 0.3) is 0 Å². The number of ketones is 1. The highest BCUT2D eigenvalue weighted by molar-refractivity contribution is 5.97. The number of aliphatic hydroxyl groups excluding tert-OH is 1. The monoisotopic (exact) mass is 558 g/mol. The van der Waals surface area contributed by atoms with E-state index in [-0.39, 0.29) is 30.3 Å². The second-order valence-corrected chi connectivity index (χ2v) is 12.6. The number of Topliss-reactive ketones (excluding diaryl/α,β-unsaturated/α-hetero) is 1. The van der Waals surface area contributed by atoms with Crippen LogP contribution in [0.5, 0.6) is 0 Å². The predicted octanol–water partition coefficient (Wildman–Crippen LogP) is 4.88. The van der Waals surface area contributed by atoms with Crippen molar-refractivity contribution in [3.8, 4) is 11.8 Å². The number of hydrogen-bond acceptors (Lipinski definition) is 7. The molecule has 41 heavy (non-hydrogen) atoms. The molecule has 0 bridgehead atoms. The Morgan fingerprint density at radius 1 is 1.17 bits per heavy atom. The fourth-order valence-electron chi connectivity index (χ4n) is 8.99. The molecule has 1 aliphatic heterocycles. The fraction of sp³-hybridized carbons (Fsp3) is 0.588. The molecular weight excluding hydrogens is 516 g/mol. The first-order valence-corrected chi connectivity index (χ1v) is 15.2. The topological polar surface area (TPSA) is 91.6 Å². The standard InChI is InChI=1S/C34H42N2O5/c1-33-21-29(23-4-8-26(9-5-23)36-15-18-41-19-16-36)32-27-11-7-25(35-39)20-24(27)6-10-28(32)30(33)12-14-34(33,13-3-17-37)31(38)22-40-2/h4-5,8-9,20,28-30,37,39H,6-7,10-12,14-19,21-22H2,1-2H3/b35-25+/t28-,29+,30-,33-,34+/m0/s1. The summed E-state index contributed by atoms with van der Waals surface area (Å²) in [6, 6.07) is 9.07. The van der Waals surface area contributed by atoms with Crippen LogP contribution in [0.15, 0.2) is 52.2 Å². The van der Waals surface area contributed by atoms with Crippen molar-refractivity contribution in [1.82, 2.24) is 0 Å². The highest BCUT2D eigenvalue weighted by Gasteiger charge is 2.65. The van der Waals surface area contributed by atoms with Crippen LogP contribution in [-0.4, -0.2) is 68.4 Å². The Morgan fingerprint density at radius 3 is 2.66 bits per heavy atom. The third-order valence-corrected chi connectivity index (χ3v) is 10.9. The van der Waals surface area contributed by atoms with Crippen LogP contribution in [-0.2, 0) is 14.3 Å². The van der Waals surface area contributed by atoms with Crippen LogP contribution in [0, 0.1) is 34.5 Å². The third kappa shape index (κ3) is 4.65. The van der Waals surface area contributed by atoms with Gasteiger partial charge in [-0.05, 0) is 97.1 Å². The summed E-state index contributed by atoms with van der Waals surface area (Å²) in [6.07, 6.45) is 8.19. The maximum atomic E-state index is 13.9. The number of allylic oxidation sites excluding steroid dienone is 4. The second kappa shape index (κ2) is 11.4. The number of carbonyl (C=O) groups is 1. The largest absolute Gasteiger partial charge is 0.411 e. The molecule has 6 rings (SSSR count). The van der Waals surface area contributed by atoms with Crippen molar-refractivity contribution in [2.75, 3.05) is 51.5 Å². The Morgan fingerprint density at radius 2 is 1.95 bits per heavy atom. The van der Waals surface area contributed by atoms with E-state index in [1.165, 1.54) is 28.0 Å². The lowest BCUT2D eigenvalue weighted by atomic mass is 9.48. The molecule has 1 saturated heterocycles. The average Bonchev–Trinajstić information content (AvgIpc) is 3.32. The van der Waals surface area contributed by atoms with Gasteiger partial charge >= 0.3 is 0 Å². The number of rotatable bonds is 5.